The SMILES string of the molecule is CCCCCCN(CCO)C(=O)CSCC(=O)O. The van der Waals surface area contributed by atoms with E-state index in [0.29, 0.717) is 13.1 Å². The number of carbonyl (C=O) groups excluding carboxylic acids is 1. The number of amides is 1. The number of carboxylic acid groups (broad SMARTS) is 1. The number of aliphatic carboxylic acids is 1. The number of unbranched alkanes of at least 4 members (excludes halogenated alkanes) is 3. The van der Waals surface area contributed by atoms with Crippen LogP contribution in [0.4, 0.5) is 0 Å². The lowest BCUT2D eigenvalue weighted by Gasteiger charge is -2.21. The molecular weight excluding hydrogens is 254 g/mol. The van der Waals surface area contributed by atoms with E-state index in [4.69, 9.17) is 10.2 Å². The average molecular weight is 277 g/mol. The molecule has 0 aromatic carbocycles. The van der Waals surface area contributed by atoms with E-state index in [1.807, 2.05) is 0 Å². The molecule has 0 aliphatic heterocycles. The van der Waals surface area contributed by atoms with Crippen molar-refractivity contribution in [3.05, 3.63) is 0 Å². The Bertz CT molecular complexity index is 248. The highest BCUT2D eigenvalue weighted by Crippen LogP contribution is 2.05. The van der Waals surface area contributed by atoms with E-state index in [1.165, 1.54) is 0 Å². The Kier molecular flexibility index (Phi) is 10.9. The first-order valence-electron chi connectivity index (χ1n) is 6.30. The van der Waals surface area contributed by atoms with Crippen LogP contribution >= 0.6 is 11.8 Å². The minimum Gasteiger partial charge on any atom is -0.481 e. The molecule has 0 saturated heterocycles. The second-order valence-electron chi connectivity index (χ2n) is 4.05. The largest absolute Gasteiger partial charge is 0.481 e. The summed E-state index contributed by atoms with van der Waals surface area (Å²) in [5.74, 6) is -0.898. The van der Waals surface area contributed by atoms with Gasteiger partial charge in [-0.05, 0) is 6.42 Å². The number of nitrogens with zero attached hydrogens (tertiary/aromatic N) is 1. The minimum atomic E-state index is -0.913. The fourth-order valence-corrected chi connectivity index (χ4v) is 2.16. The summed E-state index contributed by atoms with van der Waals surface area (Å²) >= 11 is 1.09. The second kappa shape index (κ2) is 11.3. The van der Waals surface area contributed by atoms with Crippen LogP contribution in [0.5, 0.6) is 0 Å². The van der Waals surface area contributed by atoms with Crippen LogP contribution in [-0.4, -0.2) is 58.2 Å². The lowest BCUT2D eigenvalue weighted by Crippen LogP contribution is -2.35. The Labute approximate surface area is 113 Å². The molecule has 0 atom stereocenters. The summed E-state index contributed by atoms with van der Waals surface area (Å²) in [5.41, 5.74) is 0. The molecule has 0 radical (unpaired) electrons. The Hall–Kier alpha value is -0.750. The topological polar surface area (TPSA) is 77.8 Å². The molecule has 1 amide bonds. The average Bonchev–Trinajstić information content (AvgIpc) is 2.32. The molecule has 0 aromatic heterocycles. The fourth-order valence-electron chi connectivity index (χ4n) is 1.53. The Morgan fingerprint density at radius 1 is 1.11 bits per heavy atom. The van der Waals surface area contributed by atoms with E-state index in [1.54, 1.807) is 4.90 Å². The van der Waals surface area contributed by atoms with Gasteiger partial charge in [-0.1, -0.05) is 26.2 Å². The fraction of sp³-hybridized carbons (Fsp3) is 0.833. The van der Waals surface area contributed by atoms with Gasteiger partial charge in [-0.3, -0.25) is 9.59 Å². The van der Waals surface area contributed by atoms with Crippen molar-refractivity contribution in [3.63, 3.8) is 0 Å². The van der Waals surface area contributed by atoms with Crippen molar-refractivity contribution >= 4 is 23.6 Å². The summed E-state index contributed by atoms with van der Waals surface area (Å²) < 4.78 is 0. The second-order valence-corrected chi connectivity index (χ2v) is 5.04. The third-order valence-electron chi connectivity index (χ3n) is 2.46. The molecule has 0 fully saturated rings. The molecular formula is C12H23NO4S. The molecule has 0 aromatic rings. The monoisotopic (exact) mass is 277 g/mol. The van der Waals surface area contributed by atoms with Crippen LogP contribution in [0.1, 0.15) is 32.6 Å². The quantitative estimate of drug-likeness (QED) is 0.555. The van der Waals surface area contributed by atoms with Gasteiger partial charge in [0.05, 0.1) is 18.1 Å². The molecule has 0 saturated carbocycles. The predicted octanol–water partition coefficient (Wildman–Crippen LogP) is 1.21. The van der Waals surface area contributed by atoms with E-state index in [-0.39, 0.29) is 24.0 Å². The normalized spacial score (nSPS) is 10.3. The van der Waals surface area contributed by atoms with E-state index < -0.39 is 5.97 Å². The number of hydrogen-bond acceptors (Lipinski definition) is 4. The van der Waals surface area contributed by atoms with Gasteiger partial charge in [-0.2, -0.15) is 0 Å². The van der Waals surface area contributed by atoms with Crippen molar-refractivity contribution in [3.8, 4) is 0 Å². The van der Waals surface area contributed by atoms with Crippen molar-refractivity contribution in [2.24, 2.45) is 0 Å². The third kappa shape index (κ3) is 9.30. The molecule has 0 unspecified atom stereocenters. The first kappa shape index (κ1) is 17.2. The molecule has 106 valence electrons. The summed E-state index contributed by atoms with van der Waals surface area (Å²) in [6, 6.07) is 0. The van der Waals surface area contributed by atoms with Crippen LogP contribution < -0.4 is 0 Å². The van der Waals surface area contributed by atoms with Gasteiger partial charge >= 0.3 is 5.97 Å². The van der Waals surface area contributed by atoms with Crippen LogP contribution in [0.3, 0.4) is 0 Å². The maximum Gasteiger partial charge on any atom is 0.313 e. The van der Waals surface area contributed by atoms with Crippen LogP contribution in [-0.2, 0) is 9.59 Å². The lowest BCUT2D eigenvalue weighted by atomic mass is 10.2. The lowest BCUT2D eigenvalue weighted by molar-refractivity contribution is -0.133. The molecule has 6 heteroatoms. The Morgan fingerprint density at radius 3 is 2.39 bits per heavy atom. The zero-order chi connectivity index (χ0) is 13.8. The van der Waals surface area contributed by atoms with Crippen molar-refractivity contribution in [1.29, 1.82) is 0 Å². The number of aliphatic hydroxyl groups excluding tert-OH is 1. The highest BCUT2D eigenvalue weighted by molar-refractivity contribution is 8.00. The molecule has 18 heavy (non-hydrogen) atoms. The van der Waals surface area contributed by atoms with Gasteiger partial charge < -0.3 is 15.1 Å². The minimum absolute atomic E-state index is 0.0525. The summed E-state index contributed by atoms with van der Waals surface area (Å²) in [6.07, 6.45) is 4.30. The molecule has 0 bridgehead atoms. The maximum absolute atomic E-state index is 11.8. The number of rotatable bonds is 11. The van der Waals surface area contributed by atoms with Crippen LogP contribution in [0, 0.1) is 0 Å². The number of hydrogen-bond donors (Lipinski definition) is 2. The summed E-state index contributed by atoms with van der Waals surface area (Å²) in [7, 11) is 0. The van der Waals surface area contributed by atoms with Gasteiger partial charge in [0.2, 0.25) is 5.91 Å². The summed E-state index contributed by atoms with van der Waals surface area (Å²) in [4.78, 5) is 23.7. The van der Waals surface area contributed by atoms with Gasteiger partial charge in [-0.15, -0.1) is 11.8 Å². The van der Waals surface area contributed by atoms with Crippen molar-refractivity contribution < 1.29 is 19.8 Å². The zero-order valence-corrected chi connectivity index (χ0v) is 11.7. The molecule has 0 rings (SSSR count). The highest BCUT2D eigenvalue weighted by Gasteiger charge is 2.13. The van der Waals surface area contributed by atoms with E-state index >= 15 is 0 Å². The third-order valence-corrected chi connectivity index (χ3v) is 3.36. The predicted molar refractivity (Wildman–Crippen MR) is 72.8 cm³/mol. The Morgan fingerprint density at radius 2 is 1.83 bits per heavy atom. The molecule has 5 nitrogen and oxygen atoms in total. The molecule has 0 aliphatic rings. The highest BCUT2D eigenvalue weighted by atomic mass is 32.2. The number of thioether (sulfide) groups is 1. The number of aliphatic hydroxyl groups is 1. The van der Waals surface area contributed by atoms with Crippen molar-refractivity contribution in [2.45, 2.75) is 32.6 Å². The zero-order valence-electron chi connectivity index (χ0n) is 10.9. The van der Waals surface area contributed by atoms with Gasteiger partial charge in [0.25, 0.3) is 0 Å². The van der Waals surface area contributed by atoms with E-state index in [2.05, 4.69) is 6.92 Å². The van der Waals surface area contributed by atoms with E-state index in [9.17, 15) is 9.59 Å². The van der Waals surface area contributed by atoms with Gasteiger partial charge in [0.15, 0.2) is 0 Å². The van der Waals surface area contributed by atoms with Crippen LogP contribution in [0.15, 0.2) is 0 Å². The molecule has 0 spiro atoms. The molecule has 0 heterocycles. The van der Waals surface area contributed by atoms with E-state index in [0.717, 1.165) is 37.4 Å². The van der Waals surface area contributed by atoms with Gasteiger partial charge in [-0.25, -0.2) is 0 Å². The maximum atomic E-state index is 11.8. The molecule has 2 N–H and O–H groups in total. The number of carboxylic acids is 1. The van der Waals surface area contributed by atoms with Crippen LogP contribution in [0.2, 0.25) is 0 Å². The Balaban J connectivity index is 3.90. The molecule has 0 aliphatic carbocycles. The van der Waals surface area contributed by atoms with Gasteiger partial charge in [0.1, 0.15) is 0 Å². The van der Waals surface area contributed by atoms with Crippen molar-refractivity contribution in [1.82, 2.24) is 4.90 Å². The first-order valence-corrected chi connectivity index (χ1v) is 7.45. The summed E-state index contributed by atoms with van der Waals surface area (Å²) in [5, 5.41) is 17.4. The van der Waals surface area contributed by atoms with Crippen molar-refractivity contribution in [2.75, 3.05) is 31.2 Å². The summed E-state index contributed by atoms with van der Waals surface area (Å²) in [6.45, 7) is 3.05. The standard InChI is InChI=1S/C12H23NO4S/c1-2-3-4-5-6-13(7-8-14)11(15)9-18-10-12(16)17/h14H,2-10H2,1H3,(H,16,17). The van der Waals surface area contributed by atoms with Gasteiger partial charge in [0, 0.05) is 13.1 Å². The first-order chi connectivity index (χ1) is 8.61. The smallest absolute Gasteiger partial charge is 0.313 e. The van der Waals surface area contributed by atoms with Crippen LogP contribution in [0.25, 0.3) is 0 Å². The number of carbonyl (C=O) groups is 2.